The zero-order chi connectivity index (χ0) is 22.1. The molecule has 2 rings (SSSR count). The summed E-state index contributed by atoms with van der Waals surface area (Å²) in [6.07, 6.45) is 0.848. The third-order valence-corrected chi connectivity index (χ3v) is 6.42. The van der Waals surface area contributed by atoms with Crippen LogP contribution in [-0.2, 0) is 21.9 Å². The highest BCUT2D eigenvalue weighted by Crippen LogP contribution is 2.19. The number of amides is 2. The van der Waals surface area contributed by atoms with E-state index in [2.05, 4.69) is 5.32 Å². The largest absolute Gasteiger partial charge is 0.352 e. The van der Waals surface area contributed by atoms with Crippen LogP contribution in [0.2, 0.25) is 5.02 Å². The molecule has 0 aliphatic heterocycles. The second-order valence-corrected chi connectivity index (χ2v) is 8.98. The van der Waals surface area contributed by atoms with Gasteiger partial charge in [0.2, 0.25) is 11.8 Å². The molecular formula is C24H31ClN2O2S. The first-order chi connectivity index (χ1) is 14.3. The molecule has 2 amide bonds. The van der Waals surface area contributed by atoms with Crippen molar-refractivity contribution in [2.24, 2.45) is 0 Å². The molecule has 2 aromatic carbocycles. The third-order valence-electron chi connectivity index (χ3n) is 5.18. The summed E-state index contributed by atoms with van der Waals surface area (Å²) in [4.78, 5) is 27.5. The molecule has 4 nitrogen and oxygen atoms in total. The minimum atomic E-state index is -0.540. The van der Waals surface area contributed by atoms with Gasteiger partial charge in [0.1, 0.15) is 6.04 Å². The van der Waals surface area contributed by atoms with E-state index >= 15 is 0 Å². The van der Waals surface area contributed by atoms with Crippen molar-refractivity contribution in [3.8, 4) is 0 Å². The molecule has 0 heterocycles. The van der Waals surface area contributed by atoms with Gasteiger partial charge in [0.05, 0.1) is 5.75 Å². The van der Waals surface area contributed by atoms with E-state index in [4.69, 9.17) is 11.6 Å². The minimum Gasteiger partial charge on any atom is -0.352 e. The van der Waals surface area contributed by atoms with Gasteiger partial charge in [-0.3, -0.25) is 9.59 Å². The Morgan fingerprint density at radius 2 is 1.77 bits per heavy atom. The second-order valence-electron chi connectivity index (χ2n) is 7.56. The van der Waals surface area contributed by atoms with Gasteiger partial charge < -0.3 is 10.2 Å². The molecular weight excluding hydrogens is 416 g/mol. The topological polar surface area (TPSA) is 49.4 Å². The number of hydrogen-bond acceptors (Lipinski definition) is 3. The lowest BCUT2D eigenvalue weighted by molar-refractivity contribution is -0.138. The van der Waals surface area contributed by atoms with Crippen LogP contribution in [0.1, 0.15) is 43.9 Å². The molecule has 0 bridgehead atoms. The van der Waals surface area contributed by atoms with Crippen LogP contribution in [-0.4, -0.2) is 34.6 Å². The maximum atomic E-state index is 13.1. The molecule has 0 radical (unpaired) electrons. The summed E-state index contributed by atoms with van der Waals surface area (Å²) >= 11 is 7.48. The van der Waals surface area contributed by atoms with Crippen LogP contribution in [0.5, 0.6) is 0 Å². The summed E-state index contributed by atoms with van der Waals surface area (Å²) in [6.45, 7) is 8.25. The van der Waals surface area contributed by atoms with Crippen LogP contribution in [0.15, 0.2) is 48.5 Å². The summed E-state index contributed by atoms with van der Waals surface area (Å²) in [5.74, 6) is 0.877. The highest BCUT2D eigenvalue weighted by atomic mass is 35.5. The van der Waals surface area contributed by atoms with E-state index in [1.807, 2.05) is 69.3 Å². The van der Waals surface area contributed by atoms with Gasteiger partial charge in [0.15, 0.2) is 0 Å². The van der Waals surface area contributed by atoms with Gasteiger partial charge in [-0.15, -0.1) is 11.8 Å². The fraction of sp³-hybridized carbons (Fsp3) is 0.417. The van der Waals surface area contributed by atoms with Gasteiger partial charge in [0.25, 0.3) is 0 Å². The molecule has 1 N–H and O–H groups in total. The fourth-order valence-corrected chi connectivity index (χ4v) is 3.94. The van der Waals surface area contributed by atoms with Gasteiger partial charge in [0, 0.05) is 23.4 Å². The summed E-state index contributed by atoms with van der Waals surface area (Å²) < 4.78 is 0. The van der Waals surface area contributed by atoms with E-state index in [-0.39, 0.29) is 17.9 Å². The first-order valence-corrected chi connectivity index (χ1v) is 11.8. The molecule has 0 aromatic heterocycles. The molecule has 0 saturated heterocycles. The van der Waals surface area contributed by atoms with E-state index in [0.717, 1.165) is 23.1 Å². The highest BCUT2D eigenvalue weighted by Gasteiger charge is 2.27. The molecule has 0 aliphatic rings. The van der Waals surface area contributed by atoms with Crippen LogP contribution < -0.4 is 5.32 Å². The highest BCUT2D eigenvalue weighted by molar-refractivity contribution is 7.99. The normalized spacial score (nSPS) is 12.8. The van der Waals surface area contributed by atoms with E-state index < -0.39 is 6.04 Å². The maximum Gasteiger partial charge on any atom is 0.242 e. The second kappa shape index (κ2) is 12.0. The van der Waals surface area contributed by atoms with Crippen molar-refractivity contribution in [2.45, 2.75) is 58.5 Å². The fourth-order valence-electron chi connectivity index (χ4n) is 2.94. The number of nitrogens with zero attached hydrogens (tertiary/aromatic N) is 1. The Morgan fingerprint density at radius 3 is 2.40 bits per heavy atom. The molecule has 0 fully saturated rings. The average molecular weight is 447 g/mol. The quantitative estimate of drug-likeness (QED) is 0.544. The number of carbonyl (C=O) groups is 2. The van der Waals surface area contributed by atoms with Crippen LogP contribution >= 0.6 is 23.4 Å². The van der Waals surface area contributed by atoms with E-state index in [9.17, 15) is 9.59 Å². The Balaban J connectivity index is 2.08. The summed E-state index contributed by atoms with van der Waals surface area (Å²) in [7, 11) is 0. The van der Waals surface area contributed by atoms with E-state index in [1.54, 1.807) is 23.6 Å². The SMILES string of the molecule is CC[C@@H](C)NC(=O)[C@@H](C)N(Cc1ccccc1C)C(=O)CSCc1ccc(Cl)cc1. The number of hydrogen-bond donors (Lipinski definition) is 1. The number of thioether (sulfide) groups is 1. The number of aryl methyl sites for hydroxylation is 1. The van der Waals surface area contributed by atoms with Crippen LogP contribution in [0, 0.1) is 6.92 Å². The monoisotopic (exact) mass is 446 g/mol. The standard InChI is InChI=1S/C24H31ClN2O2S/c1-5-18(3)26-24(29)19(4)27(14-21-9-7-6-8-17(21)2)23(28)16-30-15-20-10-12-22(25)13-11-20/h6-13,18-19H,5,14-16H2,1-4H3,(H,26,29)/t18-,19-/m1/s1. The predicted molar refractivity (Wildman–Crippen MR) is 127 cm³/mol. The zero-order valence-corrected chi connectivity index (χ0v) is 19.7. The van der Waals surface area contributed by atoms with Crippen molar-refractivity contribution in [1.82, 2.24) is 10.2 Å². The lowest BCUT2D eigenvalue weighted by atomic mass is 10.1. The maximum absolute atomic E-state index is 13.1. The van der Waals surface area contributed by atoms with Crippen molar-refractivity contribution in [3.05, 3.63) is 70.2 Å². The Morgan fingerprint density at radius 1 is 1.10 bits per heavy atom. The molecule has 162 valence electrons. The van der Waals surface area contributed by atoms with Crippen LogP contribution in [0.25, 0.3) is 0 Å². The molecule has 0 aliphatic carbocycles. The summed E-state index contributed by atoms with van der Waals surface area (Å²) in [6, 6.07) is 15.1. The van der Waals surface area contributed by atoms with Crippen molar-refractivity contribution in [3.63, 3.8) is 0 Å². The van der Waals surface area contributed by atoms with Crippen molar-refractivity contribution in [1.29, 1.82) is 0 Å². The summed E-state index contributed by atoms with van der Waals surface area (Å²) in [5.41, 5.74) is 3.28. The first kappa shape index (κ1) is 24.3. The Bertz CT molecular complexity index is 841. The van der Waals surface area contributed by atoms with Gasteiger partial charge in [-0.1, -0.05) is 54.9 Å². The van der Waals surface area contributed by atoms with E-state index in [0.29, 0.717) is 23.1 Å². The van der Waals surface area contributed by atoms with Gasteiger partial charge in [-0.05, 0) is 56.0 Å². The molecule has 0 unspecified atom stereocenters. The predicted octanol–water partition coefficient (Wildman–Crippen LogP) is 5.21. The zero-order valence-electron chi connectivity index (χ0n) is 18.2. The number of benzene rings is 2. The molecule has 0 spiro atoms. The van der Waals surface area contributed by atoms with Crippen molar-refractivity contribution in [2.75, 3.05) is 5.75 Å². The van der Waals surface area contributed by atoms with Crippen LogP contribution in [0.4, 0.5) is 0 Å². The van der Waals surface area contributed by atoms with E-state index in [1.165, 1.54) is 0 Å². The first-order valence-electron chi connectivity index (χ1n) is 10.3. The molecule has 30 heavy (non-hydrogen) atoms. The van der Waals surface area contributed by atoms with Gasteiger partial charge >= 0.3 is 0 Å². The summed E-state index contributed by atoms with van der Waals surface area (Å²) in [5, 5.41) is 3.70. The smallest absolute Gasteiger partial charge is 0.242 e. The number of carbonyl (C=O) groups excluding carboxylic acids is 2. The third kappa shape index (κ3) is 7.37. The molecule has 0 saturated carbocycles. The number of nitrogens with one attached hydrogen (secondary N) is 1. The molecule has 2 atom stereocenters. The van der Waals surface area contributed by atoms with Crippen molar-refractivity contribution < 1.29 is 9.59 Å². The number of halogens is 1. The lowest BCUT2D eigenvalue weighted by Gasteiger charge is -2.30. The Labute approximate surface area is 189 Å². The minimum absolute atomic E-state index is 0.0379. The lowest BCUT2D eigenvalue weighted by Crippen LogP contribution is -2.50. The molecule has 6 heteroatoms. The Hall–Kier alpha value is -1.98. The van der Waals surface area contributed by atoms with Gasteiger partial charge in [-0.2, -0.15) is 0 Å². The van der Waals surface area contributed by atoms with Gasteiger partial charge in [-0.25, -0.2) is 0 Å². The molecule has 2 aromatic rings. The van der Waals surface area contributed by atoms with Crippen molar-refractivity contribution >= 4 is 35.2 Å². The average Bonchev–Trinajstić information content (AvgIpc) is 2.73. The Kier molecular flexibility index (Phi) is 9.73. The van der Waals surface area contributed by atoms with Crippen LogP contribution in [0.3, 0.4) is 0 Å². The number of rotatable bonds is 10.